The second-order valence-electron chi connectivity index (χ2n) is 5.16. The Kier molecular flexibility index (Phi) is 4.53. The number of amides is 1. The summed E-state index contributed by atoms with van der Waals surface area (Å²) in [6, 6.07) is 9.10. The van der Waals surface area contributed by atoms with Gasteiger partial charge in [-0.3, -0.25) is 9.48 Å². The lowest BCUT2D eigenvalue weighted by Crippen LogP contribution is -2.39. The van der Waals surface area contributed by atoms with Gasteiger partial charge in [-0.05, 0) is 29.7 Å². The predicted molar refractivity (Wildman–Crippen MR) is 79.2 cm³/mol. The van der Waals surface area contributed by atoms with Crippen LogP contribution in [0.3, 0.4) is 0 Å². The molecule has 1 aromatic carbocycles. The van der Waals surface area contributed by atoms with Gasteiger partial charge in [-0.15, -0.1) is 0 Å². The van der Waals surface area contributed by atoms with E-state index in [1.165, 1.54) is 0 Å². The summed E-state index contributed by atoms with van der Waals surface area (Å²) >= 11 is 0. The van der Waals surface area contributed by atoms with E-state index in [2.05, 4.69) is 10.4 Å². The van der Waals surface area contributed by atoms with Crippen molar-refractivity contribution in [1.29, 1.82) is 0 Å². The first-order chi connectivity index (χ1) is 9.56. The van der Waals surface area contributed by atoms with E-state index in [4.69, 9.17) is 5.73 Å². The van der Waals surface area contributed by atoms with Gasteiger partial charge in [0.05, 0.1) is 12.6 Å². The van der Waals surface area contributed by atoms with E-state index in [9.17, 15) is 4.79 Å². The van der Waals surface area contributed by atoms with E-state index < -0.39 is 6.04 Å². The molecule has 2 rings (SSSR count). The number of nitrogens with one attached hydrogen (secondary N) is 1. The summed E-state index contributed by atoms with van der Waals surface area (Å²) in [6.07, 6.45) is 3.67. The zero-order chi connectivity index (χ0) is 14.5. The summed E-state index contributed by atoms with van der Waals surface area (Å²) in [4.78, 5) is 11.8. The highest BCUT2D eigenvalue weighted by Gasteiger charge is 2.16. The number of anilines is 1. The van der Waals surface area contributed by atoms with Crippen LogP contribution in [0.2, 0.25) is 0 Å². The van der Waals surface area contributed by atoms with Crippen LogP contribution in [-0.4, -0.2) is 21.7 Å². The highest BCUT2D eigenvalue weighted by molar-refractivity contribution is 5.94. The van der Waals surface area contributed by atoms with Crippen LogP contribution in [0.4, 0.5) is 5.69 Å². The Hall–Kier alpha value is -2.14. The van der Waals surface area contributed by atoms with Crippen molar-refractivity contribution in [2.45, 2.75) is 26.4 Å². The Labute approximate surface area is 118 Å². The number of carbonyl (C=O) groups is 1. The van der Waals surface area contributed by atoms with Crippen molar-refractivity contribution >= 4 is 11.6 Å². The fourth-order valence-electron chi connectivity index (χ4n) is 1.80. The first-order valence-corrected chi connectivity index (χ1v) is 6.69. The molecule has 0 unspecified atom stereocenters. The number of carbonyl (C=O) groups excluding carboxylic acids is 1. The molecule has 1 heterocycles. The maximum Gasteiger partial charge on any atom is 0.241 e. The van der Waals surface area contributed by atoms with Crippen LogP contribution in [0.25, 0.3) is 0 Å². The van der Waals surface area contributed by atoms with Crippen molar-refractivity contribution in [3.8, 4) is 0 Å². The molecule has 0 saturated heterocycles. The molecule has 0 fully saturated rings. The smallest absolute Gasteiger partial charge is 0.241 e. The Morgan fingerprint density at radius 1 is 1.35 bits per heavy atom. The lowest BCUT2D eigenvalue weighted by atomic mass is 10.0. The molecular formula is C15H20N4O. The van der Waals surface area contributed by atoms with E-state index in [0.717, 1.165) is 11.3 Å². The van der Waals surface area contributed by atoms with Gasteiger partial charge in [0, 0.05) is 18.1 Å². The summed E-state index contributed by atoms with van der Waals surface area (Å²) in [6.45, 7) is 4.57. The zero-order valence-electron chi connectivity index (χ0n) is 11.8. The third-order valence-corrected chi connectivity index (χ3v) is 3.15. The third kappa shape index (κ3) is 3.68. The summed E-state index contributed by atoms with van der Waals surface area (Å²) < 4.78 is 1.85. The van der Waals surface area contributed by atoms with Crippen LogP contribution in [0.15, 0.2) is 42.7 Å². The quantitative estimate of drug-likeness (QED) is 0.872. The van der Waals surface area contributed by atoms with Gasteiger partial charge in [-0.25, -0.2) is 0 Å². The lowest BCUT2D eigenvalue weighted by molar-refractivity contribution is -0.118. The Bertz CT molecular complexity index is 546. The van der Waals surface area contributed by atoms with Crippen molar-refractivity contribution in [3.63, 3.8) is 0 Å². The molecule has 5 heteroatoms. The maximum atomic E-state index is 11.8. The molecule has 0 spiro atoms. The summed E-state index contributed by atoms with van der Waals surface area (Å²) in [5.74, 6) is -0.0334. The Balaban J connectivity index is 1.96. The second-order valence-corrected chi connectivity index (χ2v) is 5.16. The monoisotopic (exact) mass is 272 g/mol. The fourth-order valence-corrected chi connectivity index (χ4v) is 1.80. The molecule has 0 aliphatic carbocycles. The number of rotatable bonds is 5. The molecule has 0 aliphatic rings. The molecule has 2 aromatic rings. The summed E-state index contributed by atoms with van der Waals surface area (Å²) in [5.41, 5.74) is 7.69. The van der Waals surface area contributed by atoms with Crippen molar-refractivity contribution in [3.05, 3.63) is 48.3 Å². The van der Waals surface area contributed by atoms with Crippen molar-refractivity contribution in [2.75, 3.05) is 5.32 Å². The van der Waals surface area contributed by atoms with E-state index in [1.807, 2.05) is 55.1 Å². The van der Waals surface area contributed by atoms with Crippen LogP contribution >= 0.6 is 0 Å². The highest BCUT2D eigenvalue weighted by Crippen LogP contribution is 2.11. The lowest BCUT2D eigenvalue weighted by Gasteiger charge is -2.15. The number of hydrogen-bond acceptors (Lipinski definition) is 3. The molecule has 20 heavy (non-hydrogen) atoms. The molecule has 3 N–H and O–H groups in total. The van der Waals surface area contributed by atoms with E-state index >= 15 is 0 Å². The largest absolute Gasteiger partial charge is 0.325 e. The number of aromatic nitrogens is 2. The highest BCUT2D eigenvalue weighted by atomic mass is 16.2. The third-order valence-electron chi connectivity index (χ3n) is 3.15. The SMILES string of the molecule is CC(C)[C@@H](N)C(=O)Nc1ccc(Cn2cccn2)cc1. The van der Waals surface area contributed by atoms with Crippen LogP contribution in [0, 0.1) is 5.92 Å². The molecular weight excluding hydrogens is 252 g/mol. The van der Waals surface area contributed by atoms with Gasteiger partial charge < -0.3 is 11.1 Å². The predicted octanol–water partition coefficient (Wildman–Crippen LogP) is 1.85. The molecule has 0 bridgehead atoms. The molecule has 1 aromatic heterocycles. The standard InChI is InChI=1S/C15H20N4O/c1-11(2)14(16)15(20)18-13-6-4-12(5-7-13)10-19-9-3-8-17-19/h3-9,11,14H,10,16H2,1-2H3,(H,18,20)/t14-/m1/s1. The van der Waals surface area contributed by atoms with Gasteiger partial charge >= 0.3 is 0 Å². The van der Waals surface area contributed by atoms with Gasteiger partial charge in [-0.2, -0.15) is 5.10 Å². The van der Waals surface area contributed by atoms with Crippen molar-refractivity contribution in [2.24, 2.45) is 11.7 Å². The van der Waals surface area contributed by atoms with Gasteiger partial charge in [0.15, 0.2) is 0 Å². The average molecular weight is 272 g/mol. The molecule has 106 valence electrons. The maximum absolute atomic E-state index is 11.8. The Morgan fingerprint density at radius 2 is 2.05 bits per heavy atom. The van der Waals surface area contributed by atoms with E-state index in [1.54, 1.807) is 6.20 Å². The van der Waals surface area contributed by atoms with Gasteiger partial charge in [0.25, 0.3) is 0 Å². The first-order valence-electron chi connectivity index (χ1n) is 6.69. The van der Waals surface area contributed by atoms with Gasteiger partial charge in [0.1, 0.15) is 0 Å². The first kappa shape index (κ1) is 14.3. The Morgan fingerprint density at radius 3 is 2.60 bits per heavy atom. The van der Waals surface area contributed by atoms with E-state index in [-0.39, 0.29) is 11.8 Å². The van der Waals surface area contributed by atoms with Crippen molar-refractivity contribution < 1.29 is 4.79 Å². The van der Waals surface area contributed by atoms with Gasteiger partial charge in [0.2, 0.25) is 5.91 Å². The van der Waals surface area contributed by atoms with E-state index in [0.29, 0.717) is 6.54 Å². The van der Waals surface area contributed by atoms with Gasteiger partial charge in [-0.1, -0.05) is 26.0 Å². The number of nitrogens with two attached hydrogens (primary N) is 1. The molecule has 0 saturated carbocycles. The van der Waals surface area contributed by atoms with Crippen LogP contribution < -0.4 is 11.1 Å². The molecule has 0 radical (unpaired) electrons. The minimum atomic E-state index is -0.487. The minimum Gasteiger partial charge on any atom is -0.325 e. The fraction of sp³-hybridized carbons (Fsp3) is 0.333. The number of nitrogens with zero attached hydrogens (tertiary/aromatic N) is 2. The average Bonchev–Trinajstić information content (AvgIpc) is 2.92. The zero-order valence-corrected chi connectivity index (χ0v) is 11.8. The number of benzene rings is 1. The summed E-state index contributed by atoms with van der Waals surface area (Å²) in [5, 5.41) is 6.98. The van der Waals surface area contributed by atoms with Crippen LogP contribution in [0.1, 0.15) is 19.4 Å². The molecule has 1 atom stereocenters. The van der Waals surface area contributed by atoms with Crippen LogP contribution in [0.5, 0.6) is 0 Å². The van der Waals surface area contributed by atoms with Crippen LogP contribution in [-0.2, 0) is 11.3 Å². The second kappa shape index (κ2) is 6.34. The molecule has 1 amide bonds. The molecule has 0 aliphatic heterocycles. The number of hydrogen-bond donors (Lipinski definition) is 2. The normalized spacial score (nSPS) is 12.4. The summed E-state index contributed by atoms with van der Waals surface area (Å²) in [7, 11) is 0. The minimum absolute atomic E-state index is 0.120. The van der Waals surface area contributed by atoms with Crippen molar-refractivity contribution in [1.82, 2.24) is 9.78 Å². The molecule has 5 nitrogen and oxygen atoms in total. The topological polar surface area (TPSA) is 72.9 Å².